The molecule has 0 unspecified atom stereocenters. The Hall–Kier alpha value is -3.04. The van der Waals surface area contributed by atoms with Gasteiger partial charge in [-0.1, -0.05) is 29.4 Å². The summed E-state index contributed by atoms with van der Waals surface area (Å²) in [6.45, 7) is 2.12. The summed E-state index contributed by atoms with van der Waals surface area (Å²) in [5, 5.41) is 14.1. The van der Waals surface area contributed by atoms with Gasteiger partial charge in [0.15, 0.2) is 16.7 Å². The molecule has 10 heteroatoms. The van der Waals surface area contributed by atoms with Crippen molar-refractivity contribution in [2.24, 2.45) is 10.2 Å². The van der Waals surface area contributed by atoms with Gasteiger partial charge >= 0.3 is 0 Å². The minimum Gasteiger partial charge on any atom is -0.454 e. The largest absolute Gasteiger partial charge is 0.454 e. The van der Waals surface area contributed by atoms with E-state index < -0.39 is 5.25 Å². The van der Waals surface area contributed by atoms with Gasteiger partial charge in [0.25, 0.3) is 0 Å². The number of anilines is 1. The van der Waals surface area contributed by atoms with Crippen molar-refractivity contribution in [2.45, 2.75) is 31.4 Å². The maximum Gasteiger partial charge on any atom is 0.238 e. The normalized spacial score (nSPS) is 19.1. The highest BCUT2D eigenvalue weighted by atomic mass is 35.5. The van der Waals surface area contributed by atoms with Gasteiger partial charge in [-0.2, -0.15) is 5.10 Å². The molecule has 2 aliphatic rings. The lowest BCUT2D eigenvalue weighted by Crippen LogP contribution is -2.41. The topological polar surface area (TPSA) is 101 Å². The SMILES string of the molecule is CC(CCc1ccc2c(c1)OCO2)=N/N=C1\NC(=O)C[C@@H](C(=O)Nc2ccc(Cl)cc2)S1. The zero-order valence-corrected chi connectivity index (χ0v) is 18.8. The predicted molar refractivity (Wildman–Crippen MR) is 126 cm³/mol. The van der Waals surface area contributed by atoms with E-state index in [-0.39, 0.29) is 25.0 Å². The summed E-state index contributed by atoms with van der Waals surface area (Å²) in [4.78, 5) is 24.6. The summed E-state index contributed by atoms with van der Waals surface area (Å²) < 4.78 is 10.7. The van der Waals surface area contributed by atoms with E-state index in [1.807, 2.05) is 25.1 Å². The molecule has 0 radical (unpaired) electrons. The fraction of sp³-hybridized carbons (Fsp3) is 0.273. The minimum atomic E-state index is -0.595. The van der Waals surface area contributed by atoms with Gasteiger partial charge in [0.2, 0.25) is 18.6 Å². The number of fused-ring (bicyclic) bond motifs is 1. The Morgan fingerprint density at radius 1 is 1.22 bits per heavy atom. The van der Waals surface area contributed by atoms with E-state index in [4.69, 9.17) is 21.1 Å². The number of hydrogen-bond acceptors (Lipinski definition) is 7. The van der Waals surface area contributed by atoms with Crippen molar-refractivity contribution in [3.05, 3.63) is 53.1 Å². The van der Waals surface area contributed by atoms with Crippen LogP contribution in [0, 0.1) is 0 Å². The first-order valence-corrected chi connectivity index (χ1v) is 11.2. The van der Waals surface area contributed by atoms with Crippen LogP contribution in [0.1, 0.15) is 25.3 Å². The molecule has 2 heterocycles. The van der Waals surface area contributed by atoms with Crippen LogP contribution in [-0.4, -0.2) is 34.7 Å². The van der Waals surface area contributed by atoms with Crippen LogP contribution in [-0.2, 0) is 16.0 Å². The Bertz CT molecular complexity index is 1090. The number of ether oxygens (including phenoxy) is 2. The molecule has 0 saturated carbocycles. The standard InChI is InChI=1S/C22H21ClN4O4S/c1-13(2-3-14-4-9-17-18(10-14)31-12-30-17)26-27-22-25-20(28)11-19(32-22)21(29)24-16-7-5-15(23)6-8-16/h4-10,19H,2-3,11-12H2,1H3,(H,24,29)(H,25,27,28)/t19-/m0/s1. The van der Waals surface area contributed by atoms with Crippen molar-refractivity contribution >= 4 is 51.7 Å². The third-order valence-electron chi connectivity index (χ3n) is 4.80. The lowest BCUT2D eigenvalue weighted by molar-refractivity contribution is -0.123. The van der Waals surface area contributed by atoms with Gasteiger partial charge in [-0.25, -0.2) is 0 Å². The van der Waals surface area contributed by atoms with Crippen molar-refractivity contribution in [1.82, 2.24) is 5.32 Å². The molecule has 32 heavy (non-hydrogen) atoms. The zero-order valence-electron chi connectivity index (χ0n) is 17.3. The van der Waals surface area contributed by atoms with Gasteiger partial charge in [0.1, 0.15) is 5.25 Å². The highest BCUT2D eigenvalue weighted by Gasteiger charge is 2.30. The number of amidine groups is 1. The molecule has 1 saturated heterocycles. The Morgan fingerprint density at radius 3 is 2.81 bits per heavy atom. The third-order valence-corrected chi connectivity index (χ3v) is 6.12. The zero-order chi connectivity index (χ0) is 22.5. The molecule has 4 rings (SSSR count). The van der Waals surface area contributed by atoms with E-state index in [2.05, 4.69) is 20.8 Å². The Labute approximate surface area is 194 Å². The van der Waals surface area contributed by atoms with Crippen LogP contribution in [0.3, 0.4) is 0 Å². The minimum absolute atomic E-state index is 0.0654. The van der Waals surface area contributed by atoms with Crippen molar-refractivity contribution in [3.63, 3.8) is 0 Å². The molecule has 2 aromatic rings. The fourth-order valence-electron chi connectivity index (χ4n) is 3.10. The van der Waals surface area contributed by atoms with E-state index in [1.165, 1.54) is 11.8 Å². The molecule has 2 aliphatic heterocycles. The molecule has 1 atom stereocenters. The van der Waals surface area contributed by atoms with Gasteiger partial charge in [-0.05, 0) is 61.7 Å². The number of amides is 2. The first-order chi connectivity index (χ1) is 15.5. The number of nitrogens with zero attached hydrogens (tertiary/aromatic N) is 2. The second-order valence-electron chi connectivity index (χ2n) is 7.28. The van der Waals surface area contributed by atoms with Gasteiger partial charge < -0.3 is 20.1 Å². The number of aryl methyl sites for hydroxylation is 1. The third kappa shape index (κ3) is 5.80. The summed E-state index contributed by atoms with van der Waals surface area (Å²) in [6.07, 6.45) is 1.52. The number of thioether (sulfide) groups is 1. The van der Waals surface area contributed by atoms with E-state index in [0.29, 0.717) is 22.3 Å². The predicted octanol–water partition coefficient (Wildman–Crippen LogP) is 3.99. The van der Waals surface area contributed by atoms with Crippen molar-refractivity contribution in [2.75, 3.05) is 12.1 Å². The summed E-state index contributed by atoms with van der Waals surface area (Å²) in [5.74, 6) is 0.960. The molecule has 2 amide bonds. The average molecular weight is 473 g/mol. The van der Waals surface area contributed by atoms with Crippen LogP contribution in [0.2, 0.25) is 5.02 Å². The van der Waals surface area contributed by atoms with Crippen LogP contribution in [0.15, 0.2) is 52.7 Å². The average Bonchev–Trinajstić information content (AvgIpc) is 3.25. The molecular weight excluding hydrogens is 452 g/mol. The molecule has 1 fully saturated rings. The molecule has 2 N–H and O–H groups in total. The maximum atomic E-state index is 12.6. The van der Waals surface area contributed by atoms with Crippen LogP contribution >= 0.6 is 23.4 Å². The molecule has 166 valence electrons. The van der Waals surface area contributed by atoms with Gasteiger partial charge in [-0.3, -0.25) is 9.59 Å². The molecule has 0 spiro atoms. The number of hydrogen-bond donors (Lipinski definition) is 2. The van der Waals surface area contributed by atoms with E-state index >= 15 is 0 Å². The molecule has 0 bridgehead atoms. The summed E-state index contributed by atoms with van der Waals surface area (Å²) in [7, 11) is 0. The lowest BCUT2D eigenvalue weighted by Gasteiger charge is -2.21. The summed E-state index contributed by atoms with van der Waals surface area (Å²) in [6, 6.07) is 12.6. The van der Waals surface area contributed by atoms with Crippen molar-refractivity contribution in [1.29, 1.82) is 0 Å². The Morgan fingerprint density at radius 2 is 2.00 bits per heavy atom. The number of rotatable bonds is 6. The lowest BCUT2D eigenvalue weighted by atomic mass is 10.1. The van der Waals surface area contributed by atoms with Crippen LogP contribution in [0.5, 0.6) is 11.5 Å². The van der Waals surface area contributed by atoms with Gasteiger partial charge in [0.05, 0.1) is 0 Å². The summed E-state index contributed by atoms with van der Waals surface area (Å²) >= 11 is 7.04. The Kier molecular flexibility index (Phi) is 6.96. The molecule has 0 aliphatic carbocycles. The first kappa shape index (κ1) is 22.2. The van der Waals surface area contributed by atoms with E-state index in [9.17, 15) is 9.59 Å². The monoisotopic (exact) mass is 472 g/mol. The number of nitrogens with one attached hydrogen (secondary N) is 2. The number of carbonyl (C=O) groups is 2. The highest BCUT2D eigenvalue weighted by Crippen LogP contribution is 2.32. The summed E-state index contributed by atoms with van der Waals surface area (Å²) in [5.41, 5.74) is 2.52. The maximum absolute atomic E-state index is 12.6. The molecule has 8 nitrogen and oxygen atoms in total. The second-order valence-corrected chi connectivity index (χ2v) is 8.91. The van der Waals surface area contributed by atoms with Gasteiger partial charge in [0, 0.05) is 22.8 Å². The van der Waals surface area contributed by atoms with Gasteiger partial charge in [-0.15, -0.1) is 5.10 Å². The molecule has 2 aromatic carbocycles. The fourth-order valence-corrected chi connectivity index (χ4v) is 4.15. The van der Waals surface area contributed by atoms with Crippen LogP contribution in [0.25, 0.3) is 0 Å². The Balaban J connectivity index is 1.33. The number of carbonyl (C=O) groups excluding carboxylic acids is 2. The van der Waals surface area contributed by atoms with Crippen molar-refractivity contribution < 1.29 is 19.1 Å². The number of halogens is 1. The van der Waals surface area contributed by atoms with E-state index in [0.717, 1.165) is 29.2 Å². The van der Waals surface area contributed by atoms with Crippen LogP contribution in [0.4, 0.5) is 5.69 Å². The number of benzene rings is 2. The smallest absolute Gasteiger partial charge is 0.238 e. The molecular formula is C22H21ClN4O4S. The van der Waals surface area contributed by atoms with Crippen molar-refractivity contribution in [3.8, 4) is 11.5 Å². The van der Waals surface area contributed by atoms with Crippen LogP contribution < -0.4 is 20.1 Å². The molecule has 0 aromatic heterocycles. The first-order valence-electron chi connectivity index (χ1n) is 9.99. The quantitative estimate of drug-likeness (QED) is 0.489. The second kappa shape index (κ2) is 10.1. The van der Waals surface area contributed by atoms with E-state index in [1.54, 1.807) is 24.3 Å². The highest BCUT2D eigenvalue weighted by molar-refractivity contribution is 8.15.